The van der Waals surface area contributed by atoms with Crippen molar-refractivity contribution in [2.75, 3.05) is 6.61 Å². The molecular formula is C19H32O4. The van der Waals surface area contributed by atoms with Crippen molar-refractivity contribution in [3.63, 3.8) is 0 Å². The van der Waals surface area contributed by atoms with Gasteiger partial charge in [0.25, 0.3) is 0 Å². The quantitative estimate of drug-likeness (QED) is 0.504. The number of ether oxygens (including phenoxy) is 1. The van der Waals surface area contributed by atoms with E-state index in [1.807, 2.05) is 27.7 Å². The number of carbonyl (C=O) groups is 3. The van der Waals surface area contributed by atoms with Crippen LogP contribution in [0.2, 0.25) is 0 Å². The molecule has 4 heteroatoms. The zero-order valence-electron chi connectivity index (χ0n) is 15.4. The van der Waals surface area contributed by atoms with E-state index in [0.29, 0.717) is 12.8 Å². The van der Waals surface area contributed by atoms with Crippen molar-refractivity contribution in [3.05, 3.63) is 0 Å². The van der Waals surface area contributed by atoms with Crippen LogP contribution in [0.15, 0.2) is 0 Å². The highest BCUT2D eigenvalue weighted by Gasteiger charge is 2.31. The molecule has 4 nitrogen and oxygen atoms in total. The van der Waals surface area contributed by atoms with E-state index in [0.717, 1.165) is 6.42 Å². The lowest BCUT2D eigenvalue weighted by Crippen LogP contribution is -2.31. The smallest absolute Gasteiger partial charge is 0.316 e. The van der Waals surface area contributed by atoms with E-state index in [9.17, 15) is 14.4 Å². The van der Waals surface area contributed by atoms with E-state index in [1.165, 1.54) is 0 Å². The topological polar surface area (TPSA) is 60.4 Å². The molecule has 1 fully saturated rings. The number of Topliss-reactive ketones (excluding diaryl/α,β-unsaturated/α-hetero) is 2. The summed E-state index contributed by atoms with van der Waals surface area (Å²) in [6.45, 7) is 11.8. The van der Waals surface area contributed by atoms with Crippen LogP contribution in [0, 0.1) is 35.5 Å². The van der Waals surface area contributed by atoms with Crippen molar-refractivity contribution in [2.24, 2.45) is 35.5 Å². The molecule has 6 atom stereocenters. The molecule has 0 aromatic carbocycles. The average Bonchev–Trinajstić information content (AvgIpc) is 2.48. The molecular weight excluding hydrogens is 292 g/mol. The van der Waals surface area contributed by atoms with E-state index in [4.69, 9.17) is 4.74 Å². The lowest BCUT2D eigenvalue weighted by atomic mass is 9.80. The minimum atomic E-state index is -0.705. The van der Waals surface area contributed by atoms with Crippen LogP contribution in [0.5, 0.6) is 0 Å². The van der Waals surface area contributed by atoms with Crippen molar-refractivity contribution in [1.82, 2.24) is 0 Å². The van der Waals surface area contributed by atoms with Crippen molar-refractivity contribution in [1.29, 1.82) is 0 Å². The predicted octanol–water partition coefficient (Wildman–Crippen LogP) is 3.67. The SMILES string of the molecule is CC1COC(=O)C(C)C(=O)C(C)CC(C)CC(C)C(=O)C(C)C1. The lowest BCUT2D eigenvalue weighted by Gasteiger charge is -2.25. The van der Waals surface area contributed by atoms with Crippen LogP contribution in [0.3, 0.4) is 0 Å². The van der Waals surface area contributed by atoms with Gasteiger partial charge in [-0.3, -0.25) is 14.4 Å². The van der Waals surface area contributed by atoms with Crippen molar-refractivity contribution < 1.29 is 19.1 Å². The number of esters is 1. The van der Waals surface area contributed by atoms with Gasteiger partial charge in [0.15, 0.2) is 0 Å². The number of carbonyl (C=O) groups excluding carboxylic acids is 3. The Balaban J connectivity index is 2.91. The van der Waals surface area contributed by atoms with Crippen LogP contribution < -0.4 is 0 Å². The molecule has 0 bridgehead atoms. The monoisotopic (exact) mass is 324 g/mol. The number of ketones is 2. The highest BCUT2D eigenvalue weighted by Crippen LogP contribution is 2.26. The third-order valence-corrected chi connectivity index (χ3v) is 5.02. The molecule has 6 unspecified atom stereocenters. The molecule has 1 aliphatic heterocycles. The Morgan fingerprint density at radius 2 is 1.13 bits per heavy atom. The summed E-state index contributed by atoms with van der Waals surface area (Å²) in [5.74, 6) is -0.725. The summed E-state index contributed by atoms with van der Waals surface area (Å²) < 4.78 is 5.30. The highest BCUT2D eigenvalue weighted by atomic mass is 16.5. The molecule has 0 saturated carbocycles. The van der Waals surface area contributed by atoms with Gasteiger partial charge in [0.05, 0.1) is 6.61 Å². The van der Waals surface area contributed by atoms with Gasteiger partial charge in [-0.25, -0.2) is 0 Å². The van der Waals surface area contributed by atoms with Crippen molar-refractivity contribution in [2.45, 2.75) is 60.8 Å². The Hall–Kier alpha value is -1.19. The van der Waals surface area contributed by atoms with Gasteiger partial charge in [0.2, 0.25) is 0 Å². The molecule has 1 rings (SSSR count). The van der Waals surface area contributed by atoms with Gasteiger partial charge in [-0.15, -0.1) is 0 Å². The number of hydrogen-bond acceptors (Lipinski definition) is 4. The molecule has 23 heavy (non-hydrogen) atoms. The highest BCUT2D eigenvalue weighted by molar-refractivity contribution is 5.99. The molecule has 1 aliphatic rings. The standard InChI is InChI=1S/C19H32O4/c1-11-7-13(3)17(20)14(4)9-12(2)10-23-19(22)16(6)18(21)15(5)8-11/h11-16H,7-10H2,1-6H3. The molecule has 1 heterocycles. The molecule has 0 N–H and O–H groups in total. The molecule has 132 valence electrons. The number of cyclic esters (lactones) is 1. The number of hydrogen-bond donors (Lipinski definition) is 0. The van der Waals surface area contributed by atoms with Crippen molar-refractivity contribution in [3.8, 4) is 0 Å². The zero-order valence-corrected chi connectivity index (χ0v) is 15.4. The minimum absolute atomic E-state index is 0.0115. The van der Waals surface area contributed by atoms with Crippen LogP contribution in [0.25, 0.3) is 0 Å². The Morgan fingerprint density at radius 1 is 0.696 bits per heavy atom. The first-order valence-electron chi connectivity index (χ1n) is 8.87. The van der Waals surface area contributed by atoms with Gasteiger partial charge < -0.3 is 4.74 Å². The van der Waals surface area contributed by atoms with Gasteiger partial charge >= 0.3 is 5.97 Å². The van der Waals surface area contributed by atoms with Gasteiger partial charge in [0, 0.05) is 17.8 Å². The molecule has 0 radical (unpaired) electrons. The van der Waals surface area contributed by atoms with E-state index in [1.54, 1.807) is 6.92 Å². The third kappa shape index (κ3) is 5.74. The van der Waals surface area contributed by atoms with Gasteiger partial charge in [-0.2, -0.15) is 0 Å². The maximum atomic E-state index is 12.5. The Kier molecular flexibility index (Phi) is 7.43. The fourth-order valence-corrected chi connectivity index (χ4v) is 3.70. The fourth-order valence-electron chi connectivity index (χ4n) is 3.70. The normalized spacial score (nSPS) is 38.8. The largest absolute Gasteiger partial charge is 0.465 e. The molecule has 1 saturated heterocycles. The van der Waals surface area contributed by atoms with Gasteiger partial charge in [-0.05, 0) is 38.0 Å². The Labute approximate surface area is 140 Å². The maximum Gasteiger partial charge on any atom is 0.316 e. The summed E-state index contributed by atoms with van der Waals surface area (Å²) >= 11 is 0. The van der Waals surface area contributed by atoms with Crippen LogP contribution in [-0.4, -0.2) is 24.1 Å². The van der Waals surface area contributed by atoms with Crippen LogP contribution in [0.1, 0.15) is 60.8 Å². The van der Waals surface area contributed by atoms with E-state index < -0.39 is 11.9 Å². The predicted molar refractivity (Wildman–Crippen MR) is 89.8 cm³/mol. The second kappa shape index (κ2) is 8.60. The number of rotatable bonds is 0. The van der Waals surface area contributed by atoms with E-state index >= 15 is 0 Å². The second-order valence-corrected chi connectivity index (χ2v) is 7.78. The summed E-state index contributed by atoms with van der Waals surface area (Å²) in [5, 5.41) is 0. The lowest BCUT2D eigenvalue weighted by molar-refractivity contribution is -0.153. The fraction of sp³-hybridized carbons (Fsp3) is 0.842. The van der Waals surface area contributed by atoms with E-state index in [2.05, 4.69) is 6.92 Å². The average molecular weight is 324 g/mol. The van der Waals surface area contributed by atoms with Gasteiger partial charge in [-0.1, -0.05) is 34.6 Å². The summed E-state index contributed by atoms with van der Waals surface area (Å²) in [7, 11) is 0. The Bertz CT molecular complexity index is 443. The third-order valence-electron chi connectivity index (χ3n) is 5.02. The van der Waals surface area contributed by atoms with Crippen LogP contribution >= 0.6 is 0 Å². The second-order valence-electron chi connectivity index (χ2n) is 7.78. The molecule has 0 aromatic heterocycles. The van der Waals surface area contributed by atoms with Crippen LogP contribution in [0.4, 0.5) is 0 Å². The first kappa shape index (κ1) is 19.9. The first-order chi connectivity index (χ1) is 10.6. The molecule has 0 spiro atoms. The van der Waals surface area contributed by atoms with E-state index in [-0.39, 0.29) is 47.8 Å². The molecule has 0 amide bonds. The minimum Gasteiger partial charge on any atom is -0.465 e. The van der Waals surface area contributed by atoms with Crippen LogP contribution in [-0.2, 0) is 19.1 Å². The summed E-state index contributed by atoms with van der Waals surface area (Å²) in [5.41, 5.74) is 0. The summed E-state index contributed by atoms with van der Waals surface area (Å²) in [6, 6.07) is 0. The van der Waals surface area contributed by atoms with Gasteiger partial charge in [0.1, 0.15) is 17.5 Å². The molecule has 0 aliphatic carbocycles. The zero-order chi connectivity index (χ0) is 17.7. The summed E-state index contributed by atoms with van der Waals surface area (Å²) in [6.07, 6.45) is 2.22. The Morgan fingerprint density at radius 3 is 1.65 bits per heavy atom. The summed E-state index contributed by atoms with van der Waals surface area (Å²) in [4.78, 5) is 36.9. The van der Waals surface area contributed by atoms with Crippen molar-refractivity contribution >= 4 is 17.5 Å². The molecule has 0 aromatic rings. The maximum absolute atomic E-state index is 12.5. The first-order valence-corrected chi connectivity index (χ1v) is 8.87.